The Kier molecular flexibility index (Phi) is 8.74. The maximum absolute atomic E-state index is 10.1. The molecule has 0 aliphatic carbocycles. The molecule has 126 valence electrons. The number of rotatable bonds is 7. The zero-order valence-electron chi connectivity index (χ0n) is 12.8. The third kappa shape index (κ3) is 5.87. The highest BCUT2D eigenvalue weighted by molar-refractivity contribution is 6.35. The molecule has 0 bridgehead atoms. The molecule has 2 aromatic rings. The van der Waals surface area contributed by atoms with Crippen LogP contribution in [0.2, 0.25) is 10.0 Å². The second-order valence-corrected chi connectivity index (χ2v) is 5.71. The molecule has 0 amide bonds. The lowest BCUT2D eigenvalue weighted by Crippen LogP contribution is -2.21. The lowest BCUT2D eigenvalue weighted by atomic mass is 10.1. The fourth-order valence-corrected chi connectivity index (χ4v) is 2.78. The van der Waals surface area contributed by atoms with Crippen LogP contribution in [0.15, 0.2) is 42.5 Å². The van der Waals surface area contributed by atoms with Crippen LogP contribution in [-0.4, -0.2) is 18.3 Å². The Morgan fingerprint density at radius 1 is 1.17 bits per heavy atom. The van der Waals surface area contributed by atoms with Crippen LogP contribution >= 0.6 is 35.6 Å². The molecule has 0 saturated carbocycles. The van der Waals surface area contributed by atoms with E-state index in [9.17, 15) is 5.11 Å². The van der Waals surface area contributed by atoms with Crippen molar-refractivity contribution in [3.63, 3.8) is 0 Å². The Bertz CT molecular complexity index is 608. The molecule has 2 N–H and O–H groups in total. The van der Waals surface area contributed by atoms with Crippen LogP contribution in [0.1, 0.15) is 24.2 Å². The molecule has 1 unspecified atom stereocenters. The van der Waals surface area contributed by atoms with Gasteiger partial charge in [0.1, 0.15) is 5.75 Å². The van der Waals surface area contributed by atoms with E-state index >= 15 is 0 Å². The molecule has 0 spiro atoms. The number of aliphatic hydroxyl groups is 1. The molecule has 0 fully saturated rings. The lowest BCUT2D eigenvalue weighted by Gasteiger charge is -2.15. The van der Waals surface area contributed by atoms with E-state index in [1.54, 1.807) is 6.07 Å². The highest BCUT2D eigenvalue weighted by atomic mass is 35.5. The number of aliphatic hydroxyl groups excluding tert-OH is 1. The topological polar surface area (TPSA) is 41.5 Å². The van der Waals surface area contributed by atoms with E-state index in [1.807, 2.05) is 43.3 Å². The van der Waals surface area contributed by atoms with Gasteiger partial charge in [-0.05, 0) is 24.6 Å². The van der Waals surface area contributed by atoms with E-state index < -0.39 is 6.10 Å². The average molecular weight is 377 g/mol. The van der Waals surface area contributed by atoms with Crippen molar-refractivity contribution in [2.45, 2.75) is 19.6 Å². The van der Waals surface area contributed by atoms with Crippen molar-refractivity contribution in [2.24, 2.45) is 0 Å². The van der Waals surface area contributed by atoms with Gasteiger partial charge in [0, 0.05) is 23.7 Å². The Labute approximate surface area is 153 Å². The first-order valence-electron chi connectivity index (χ1n) is 7.16. The molecule has 0 saturated heterocycles. The quantitative estimate of drug-likeness (QED) is 0.740. The van der Waals surface area contributed by atoms with Gasteiger partial charge in [0.15, 0.2) is 0 Å². The summed E-state index contributed by atoms with van der Waals surface area (Å²) in [7, 11) is 0. The van der Waals surface area contributed by atoms with Crippen LogP contribution in [0.5, 0.6) is 5.75 Å². The third-order valence-corrected chi connectivity index (χ3v) is 3.71. The molecule has 0 aliphatic heterocycles. The minimum absolute atomic E-state index is 0. The van der Waals surface area contributed by atoms with E-state index in [0.29, 0.717) is 35.5 Å². The van der Waals surface area contributed by atoms with Gasteiger partial charge in [-0.15, -0.1) is 12.4 Å². The molecule has 2 rings (SSSR count). The number of benzene rings is 2. The van der Waals surface area contributed by atoms with Crippen molar-refractivity contribution in [2.75, 3.05) is 13.2 Å². The summed E-state index contributed by atoms with van der Waals surface area (Å²) in [6, 6.07) is 13.0. The van der Waals surface area contributed by atoms with Crippen molar-refractivity contribution in [1.29, 1.82) is 0 Å². The summed E-state index contributed by atoms with van der Waals surface area (Å²) >= 11 is 12.2. The molecular weight excluding hydrogens is 357 g/mol. The molecule has 2 aromatic carbocycles. The molecule has 0 radical (unpaired) electrons. The van der Waals surface area contributed by atoms with Gasteiger partial charge in [0.2, 0.25) is 0 Å². The van der Waals surface area contributed by atoms with Gasteiger partial charge >= 0.3 is 0 Å². The van der Waals surface area contributed by atoms with Crippen molar-refractivity contribution in [3.8, 4) is 5.75 Å². The highest BCUT2D eigenvalue weighted by Gasteiger charge is 2.12. The number of hydrogen-bond acceptors (Lipinski definition) is 3. The first-order chi connectivity index (χ1) is 10.6. The van der Waals surface area contributed by atoms with Gasteiger partial charge in [-0.2, -0.15) is 0 Å². The summed E-state index contributed by atoms with van der Waals surface area (Å²) in [5, 5.41) is 14.4. The maximum Gasteiger partial charge on any atom is 0.142 e. The van der Waals surface area contributed by atoms with Crippen LogP contribution in [0, 0.1) is 0 Å². The van der Waals surface area contributed by atoms with E-state index in [0.717, 1.165) is 11.1 Å². The molecule has 1 atom stereocenters. The van der Waals surface area contributed by atoms with Gasteiger partial charge in [0.05, 0.1) is 17.7 Å². The van der Waals surface area contributed by atoms with Crippen LogP contribution in [-0.2, 0) is 6.54 Å². The van der Waals surface area contributed by atoms with Gasteiger partial charge in [-0.1, -0.05) is 53.5 Å². The molecule has 23 heavy (non-hydrogen) atoms. The molecule has 6 heteroatoms. The van der Waals surface area contributed by atoms with Crippen LogP contribution < -0.4 is 10.1 Å². The van der Waals surface area contributed by atoms with E-state index in [2.05, 4.69) is 5.32 Å². The van der Waals surface area contributed by atoms with E-state index in [1.165, 1.54) is 0 Å². The number of nitrogens with one attached hydrogen (secondary N) is 1. The van der Waals surface area contributed by atoms with Crippen LogP contribution in [0.4, 0.5) is 0 Å². The SMILES string of the molecule is CCOc1c(Cl)cc(Cl)cc1CNCC(O)c1ccccc1.Cl. The Morgan fingerprint density at radius 3 is 2.52 bits per heavy atom. The largest absolute Gasteiger partial charge is 0.492 e. The summed E-state index contributed by atoms with van der Waals surface area (Å²) in [6.07, 6.45) is -0.564. The molecule has 3 nitrogen and oxygen atoms in total. The fourth-order valence-electron chi connectivity index (χ4n) is 2.19. The van der Waals surface area contributed by atoms with E-state index in [-0.39, 0.29) is 12.4 Å². The van der Waals surface area contributed by atoms with Gasteiger partial charge in [-0.3, -0.25) is 0 Å². The second-order valence-electron chi connectivity index (χ2n) is 4.87. The van der Waals surface area contributed by atoms with Crippen molar-refractivity contribution < 1.29 is 9.84 Å². The molecule has 0 heterocycles. The first-order valence-corrected chi connectivity index (χ1v) is 7.91. The fraction of sp³-hybridized carbons (Fsp3) is 0.294. The van der Waals surface area contributed by atoms with Gasteiger partial charge < -0.3 is 15.2 Å². The second kappa shape index (κ2) is 10.0. The Morgan fingerprint density at radius 2 is 1.87 bits per heavy atom. The van der Waals surface area contributed by atoms with Crippen LogP contribution in [0.3, 0.4) is 0 Å². The lowest BCUT2D eigenvalue weighted by molar-refractivity contribution is 0.174. The van der Waals surface area contributed by atoms with Crippen molar-refractivity contribution in [1.82, 2.24) is 5.32 Å². The number of hydrogen-bond donors (Lipinski definition) is 2. The summed E-state index contributed by atoms with van der Waals surface area (Å²) in [5.41, 5.74) is 1.75. The number of halogens is 3. The van der Waals surface area contributed by atoms with Crippen molar-refractivity contribution >= 4 is 35.6 Å². The third-order valence-electron chi connectivity index (χ3n) is 3.21. The normalized spacial score (nSPS) is 11.7. The summed E-state index contributed by atoms with van der Waals surface area (Å²) in [6.45, 7) is 3.38. The van der Waals surface area contributed by atoms with E-state index in [4.69, 9.17) is 27.9 Å². The molecule has 0 aliphatic rings. The molecule has 0 aromatic heterocycles. The summed E-state index contributed by atoms with van der Waals surface area (Å²) < 4.78 is 5.57. The predicted molar refractivity (Wildman–Crippen MR) is 98.0 cm³/mol. The van der Waals surface area contributed by atoms with Crippen LogP contribution in [0.25, 0.3) is 0 Å². The highest BCUT2D eigenvalue weighted by Crippen LogP contribution is 2.32. The average Bonchev–Trinajstić information content (AvgIpc) is 2.51. The molecular formula is C17H20Cl3NO2. The minimum atomic E-state index is -0.564. The Balaban J connectivity index is 0.00000264. The zero-order valence-corrected chi connectivity index (χ0v) is 15.1. The smallest absolute Gasteiger partial charge is 0.142 e. The Hall–Kier alpha value is -0.970. The summed E-state index contributed by atoms with van der Waals surface area (Å²) in [5.74, 6) is 0.635. The number of ether oxygens (including phenoxy) is 1. The minimum Gasteiger partial charge on any atom is -0.492 e. The van der Waals surface area contributed by atoms with Gasteiger partial charge in [0.25, 0.3) is 0 Å². The first kappa shape index (κ1) is 20.1. The monoisotopic (exact) mass is 375 g/mol. The van der Waals surface area contributed by atoms with Gasteiger partial charge in [-0.25, -0.2) is 0 Å². The summed E-state index contributed by atoms with van der Waals surface area (Å²) in [4.78, 5) is 0. The maximum atomic E-state index is 10.1. The predicted octanol–water partition coefficient (Wildman–Crippen LogP) is 4.64. The van der Waals surface area contributed by atoms with Crippen molar-refractivity contribution in [3.05, 3.63) is 63.6 Å². The standard InChI is InChI=1S/C17H19Cl2NO2.ClH/c1-2-22-17-13(8-14(18)9-15(17)19)10-20-11-16(21)12-6-4-3-5-7-12;/h3-9,16,20-21H,2,10-11H2,1H3;1H. The zero-order chi connectivity index (χ0) is 15.9.